The number of hydrogen-bond acceptors (Lipinski definition) is 5. The minimum Gasteiger partial charge on any atom is -0.374 e. The normalized spacial score (nSPS) is 19.4. The maximum Gasteiger partial charge on any atom is 0.212 e. The van der Waals surface area contributed by atoms with Crippen molar-refractivity contribution >= 4 is 29.2 Å². The largest absolute Gasteiger partial charge is 0.374 e. The summed E-state index contributed by atoms with van der Waals surface area (Å²) in [5.74, 6) is 0.973. The number of aromatic nitrogens is 3. The molecule has 0 aliphatic carbocycles. The minimum atomic E-state index is -0.509. The number of anilines is 2. The molecule has 39 heavy (non-hydrogen) atoms. The van der Waals surface area contributed by atoms with E-state index in [0.29, 0.717) is 0 Å². The summed E-state index contributed by atoms with van der Waals surface area (Å²) in [5, 5.41) is 0.966. The van der Waals surface area contributed by atoms with Crippen molar-refractivity contribution in [2.24, 2.45) is 7.05 Å². The van der Waals surface area contributed by atoms with Gasteiger partial charge in [-0.15, -0.1) is 0 Å². The fourth-order valence-electron chi connectivity index (χ4n) is 5.93. The summed E-state index contributed by atoms with van der Waals surface area (Å²) >= 11 is 1.74. The lowest BCUT2D eigenvalue weighted by Crippen LogP contribution is -2.51. The second-order valence-electron chi connectivity index (χ2n) is 10.8. The van der Waals surface area contributed by atoms with Crippen molar-refractivity contribution in [1.82, 2.24) is 9.97 Å². The van der Waals surface area contributed by atoms with Crippen molar-refractivity contribution in [2.45, 2.75) is 30.1 Å². The molecule has 2 aliphatic rings. The van der Waals surface area contributed by atoms with E-state index in [-0.39, 0.29) is 5.41 Å². The van der Waals surface area contributed by atoms with E-state index in [2.05, 4.69) is 131 Å². The molecule has 1 saturated heterocycles. The highest BCUT2D eigenvalue weighted by Crippen LogP contribution is 2.55. The van der Waals surface area contributed by atoms with Crippen LogP contribution in [0.15, 0.2) is 90.5 Å². The zero-order chi connectivity index (χ0) is 27.0. The Morgan fingerprint density at radius 1 is 1.15 bits per heavy atom. The molecule has 6 nitrogen and oxygen atoms in total. The molecule has 0 radical (unpaired) electrons. The zero-order valence-electron chi connectivity index (χ0n) is 23.1. The highest BCUT2D eigenvalue weighted by molar-refractivity contribution is 7.99. The van der Waals surface area contributed by atoms with Gasteiger partial charge in [0.1, 0.15) is 7.05 Å². The first-order chi connectivity index (χ1) is 18.9. The van der Waals surface area contributed by atoms with Crippen molar-refractivity contribution in [2.75, 3.05) is 42.3 Å². The number of benzene rings is 2. The van der Waals surface area contributed by atoms with Gasteiger partial charge < -0.3 is 19.5 Å². The molecule has 1 N–H and O–H groups in total. The Bertz CT molecular complexity index is 1480. The zero-order valence-corrected chi connectivity index (χ0v) is 23.9. The van der Waals surface area contributed by atoms with Crippen molar-refractivity contribution < 1.29 is 9.30 Å². The number of thioether (sulfide) groups is 1. The number of imidazole rings is 1. The molecule has 4 heterocycles. The molecular weight excluding hydrogens is 502 g/mol. The topological polar surface area (TPSA) is 48.3 Å². The SMILES string of the molecule is CN(CCSc1ncc[nH]1)c1ccc(/C=C\C23OCCN2c2ccc(-c4cccc[n+]4C)cc2C3(C)C)cc1. The fourth-order valence-corrected chi connectivity index (χ4v) is 6.78. The van der Waals surface area contributed by atoms with Crippen molar-refractivity contribution in [1.29, 1.82) is 0 Å². The van der Waals surface area contributed by atoms with Crippen molar-refractivity contribution in [3.63, 3.8) is 0 Å². The van der Waals surface area contributed by atoms with E-state index in [0.717, 1.165) is 30.6 Å². The van der Waals surface area contributed by atoms with Crippen LogP contribution in [0, 0.1) is 0 Å². The first kappa shape index (κ1) is 25.7. The van der Waals surface area contributed by atoms with Gasteiger partial charge in [0, 0.05) is 72.8 Å². The molecule has 4 aromatic rings. The van der Waals surface area contributed by atoms with Gasteiger partial charge in [-0.05, 0) is 53.6 Å². The van der Waals surface area contributed by atoms with Crippen LogP contribution in [0.4, 0.5) is 11.4 Å². The number of pyridine rings is 1. The van der Waals surface area contributed by atoms with E-state index in [4.69, 9.17) is 4.74 Å². The van der Waals surface area contributed by atoms with Crippen LogP contribution in [0.2, 0.25) is 0 Å². The summed E-state index contributed by atoms with van der Waals surface area (Å²) in [7, 11) is 4.24. The standard InChI is InChI=1S/C32H36N5OS/c1-31(2)27-23-25(28-7-5-6-18-36(28)4)10-13-29(27)37-19-21-38-32(31,37)15-14-24-8-11-26(12-9-24)35(3)20-22-39-30-33-16-17-34-30/h5-18,23H,19-22H2,1-4H3,(H,33,34)/q+1/b15-14-. The van der Waals surface area contributed by atoms with Crippen molar-refractivity contribution in [3.05, 3.63) is 96.5 Å². The molecule has 2 aromatic carbocycles. The molecule has 1 unspecified atom stereocenters. The Morgan fingerprint density at radius 2 is 2.00 bits per heavy atom. The monoisotopic (exact) mass is 538 g/mol. The molecule has 0 bridgehead atoms. The fraction of sp³-hybridized carbons (Fsp3) is 0.312. The third-order valence-electron chi connectivity index (χ3n) is 8.22. The first-order valence-electron chi connectivity index (χ1n) is 13.5. The third-order valence-corrected chi connectivity index (χ3v) is 9.10. The van der Waals surface area contributed by atoms with Crippen LogP contribution in [0.1, 0.15) is 25.0 Å². The lowest BCUT2D eigenvalue weighted by atomic mass is 9.76. The number of aryl methyl sites for hydroxylation is 1. The average Bonchev–Trinajstić information content (AvgIpc) is 3.66. The van der Waals surface area contributed by atoms with Gasteiger partial charge >= 0.3 is 0 Å². The quantitative estimate of drug-likeness (QED) is 0.232. The Balaban J connectivity index is 1.21. The second-order valence-corrected chi connectivity index (χ2v) is 11.9. The third kappa shape index (κ3) is 4.53. The number of H-pyrrole nitrogens is 1. The Hall–Kier alpha value is -3.55. The molecule has 7 heteroatoms. The smallest absolute Gasteiger partial charge is 0.212 e. The lowest BCUT2D eigenvalue weighted by molar-refractivity contribution is -0.660. The van der Waals surface area contributed by atoms with E-state index in [9.17, 15) is 0 Å². The van der Waals surface area contributed by atoms with Crippen LogP contribution < -0.4 is 14.4 Å². The van der Waals surface area contributed by atoms with E-state index in [1.54, 1.807) is 18.0 Å². The van der Waals surface area contributed by atoms with Crippen LogP contribution in [0.3, 0.4) is 0 Å². The van der Waals surface area contributed by atoms with Crippen LogP contribution in [0.5, 0.6) is 0 Å². The van der Waals surface area contributed by atoms with Crippen LogP contribution in [-0.4, -0.2) is 48.2 Å². The van der Waals surface area contributed by atoms with Gasteiger partial charge in [-0.2, -0.15) is 0 Å². The number of fused-ring (bicyclic) bond motifs is 3. The van der Waals surface area contributed by atoms with Gasteiger partial charge in [-0.3, -0.25) is 0 Å². The predicted octanol–water partition coefficient (Wildman–Crippen LogP) is 5.67. The summed E-state index contributed by atoms with van der Waals surface area (Å²) in [6, 6.07) is 22.0. The lowest BCUT2D eigenvalue weighted by Gasteiger charge is -2.39. The number of hydrogen-bond donors (Lipinski definition) is 1. The molecular formula is C32H36N5OS+. The molecule has 2 aromatic heterocycles. The van der Waals surface area contributed by atoms with Gasteiger partial charge in [0.15, 0.2) is 17.1 Å². The summed E-state index contributed by atoms with van der Waals surface area (Å²) in [4.78, 5) is 12.2. The summed E-state index contributed by atoms with van der Waals surface area (Å²) < 4.78 is 8.78. The van der Waals surface area contributed by atoms with Gasteiger partial charge in [0.25, 0.3) is 0 Å². The molecule has 6 rings (SSSR count). The maximum atomic E-state index is 6.61. The van der Waals surface area contributed by atoms with E-state index in [1.807, 2.05) is 6.20 Å². The molecule has 200 valence electrons. The van der Waals surface area contributed by atoms with Gasteiger partial charge in [0.2, 0.25) is 5.69 Å². The highest BCUT2D eigenvalue weighted by Gasteiger charge is 2.59. The molecule has 1 fully saturated rings. The maximum absolute atomic E-state index is 6.61. The predicted molar refractivity (Wildman–Crippen MR) is 160 cm³/mol. The first-order valence-corrected chi connectivity index (χ1v) is 14.5. The molecule has 1 atom stereocenters. The number of aromatic amines is 1. The van der Waals surface area contributed by atoms with Gasteiger partial charge in [-0.25, -0.2) is 9.55 Å². The number of rotatable bonds is 8. The highest BCUT2D eigenvalue weighted by atomic mass is 32.2. The summed E-state index contributed by atoms with van der Waals surface area (Å²) in [5.41, 5.74) is 6.69. The minimum absolute atomic E-state index is 0.218. The second kappa shape index (κ2) is 10.2. The summed E-state index contributed by atoms with van der Waals surface area (Å²) in [6.07, 6.45) is 10.3. The molecule has 0 spiro atoms. The summed E-state index contributed by atoms with van der Waals surface area (Å²) in [6.45, 7) is 7.19. The van der Waals surface area contributed by atoms with Crippen LogP contribution in [-0.2, 0) is 17.2 Å². The molecule has 0 saturated carbocycles. The van der Waals surface area contributed by atoms with Gasteiger partial charge in [0.05, 0.1) is 6.61 Å². The number of nitrogens with one attached hydrogen (secondary N) is 1. The van der Waals surface area contributed by atoms with Crippen LogP contribution in [0.25, 0.3) is 17.3 Å². The van der Waals surface area contributed by atoms with E-state index in [1.165, 1.54) is 33.8 Å². The molecule has 0 amide bonds. The van der Waals surface area contributed by atoms with E-state index < -0.39 is 5.72 Å². The Labute approximate surface area is 235 Å². The van der Waals surface area contributed by atoms with Gasteiger partial charge in [-0.1, -0.05) is 43.8 Å². The average molecular weight is 539 g/mol. The number of nitrogens with zero attached hydrogens (tertiary/aromatic N) is 4. The number of ether oxygens (including phenoxy) is 1. The van der Waals surface area contributed by atoms with Crippen LogP contribution >= 0.6 is 11.8 Å². The molecule has 2 aliphatic heterocycles. The Morgan fingerprint density at radius 3 is 2.77 bits per heavy atom. The Kier molecular flexibility index (Phi) is 6.73. The van der Waals surface area contributed by atoms with Crippen molar-refractivity contribution in [3.8, 4) is 11.3 Å². The van der Waals surface area contributed by atoms with E-state index >= 15 is 0 Å².